The number of hydrogen-bond acceptors (Lipinski definition) is 4. The zero-order chi connectivity index (χ0) is 20.7. The van der Waals surface area contributed by atoms with E-state index in [0.717, 1.165) is 11.3 Å². The molecule has 0 saturated heterocycles. The van der Waals surface area contributed by atoms with Gasteiger partial charge in [-0.25, -0.2) is 13.1 Å². The molecule has 28 heavy (non-hydrogen) atoms. The van der Waals surface area contributed by atoms with E-state index in [1.165, 1.54) is 10.4 Å². The molecule has 0 radical (unpaired) electrons. The monoisotopic (exact) mass is 420 g/mol. The van der Waals surface area contributed by atoms with Crippen LogP contribution in [0.5, 0.6) is 0 Å². The maximum atomic E-state index is 12.8. The number of sulfonamides is 1. The first-order valence-corrected chi connectivity index (χ1v) is 11.9. The van der Waals surface area contributed by atoms with Gasteiger partial charge in [0.1, 0.15) is 0 Å². The Labute approximate surface area is 171 Å². The van der Waals surface area contributed by atoms with Gasteiger partial charge in [-0.15, -0.1) is 11.3 Å². The molecule has 152 valence electrons. The molecular weight excluding hydrogens is 392 g/mol. The van der Waals surface area contributed by atoms with Crippen LogP contribution in [0.3, 0.4) is 0 Å². The third-order valence-corrected chi connectivity index (χ3v) is 7.77. The average Bonchev–Trinajstić information content (AvgIpc) is 3.14. The van der Waals surface area contributed by atoms with Crippen molar-refractivity contribution in [2.24, 2.45) is 5.92 Å². The van der Waals surface area contributed by atoms with Gasteiger partial charge in [-0.3, -0.25) is 4.79 Å². The average molecular weight is 421 g/mol. The maximum Gasteiger partial charge on any atom is 0.240 e. The van der Waals surface area contributed by atoms with Crippen LogP contribution in [0.2, 0.25) is 0 Å². The minimum absolute atomic E-state index is 0.0619. The number of benzene rings is 1. The summed E-state index contributed by atoms with van der Waals surface area (Å²) in [6, 6.07) is 7.13. The Hall–Kier alpha value is -1.70. The molecule has 0 atom stereocenters. The highest BCUT2D eigenvalue weighted by atomic mass is 32.2. The summed E-state index contributed by atoms with van der Waals surface area (Å²) < 4.78 is 28.3. The Morgan fingerprint density at radius 3 is 2.61 bits per heavy atom. The molecule has 1 aromatic heterocycles. The largest absolute Gasteiger partial charge is 0.311 e. The number of nitrogens with one attached hydrogen (secondary N) is 1. The van der Waals surface area contributed by atoms with Crippen molar-refractivity contribution < 1.29 is 13.2 Å². The number of thiophene rings is 1. The predicted molar refractivity (Wildman–Crippen MR) is 115 cm³/mol. The van der Waals surface area contributed by atoms with Gasteiger partial charge in [0.2, 0.25) is 15.9 Å². The molecule has 2 heterocycles. The molecule has 0 fully saturated rings. The number of rotatable bonds is 6. The van der Waals surface area contributed by atoms with E-state index in [4.69, 9.17) is 0 Å². The quantitative estimate of drug-likeness (QED) is 0.772. The lowest BCUT2D eigenvalue weighted by Crippen LogP contribution is -2.36. The zero-order valence-corrected chi connectivity index (χ0v) is 18.7. The van der Waals surface area contributed by atoms with E-state index in [1.54, 1.807) is 34.4 Å². The molecule has 7 heteroatoms. The first-order valence-electron chi connectivity index (χ1n) is 9.51. The van der Waals surface area contributed by atoms with Gasteiger partial charge < -0.3 is 4.90 Å². The van der Waals surface area contributed by atoms with Gasteiger partial charge in [0.05, 0.1) is 4.90 Å². The SMILES string of the molecule is Cc1ccsc1CCNS(=O)(=O)c1ccc2c(c1)C(C)(C)CN2C(=O)C(C)C. The van der Waals surface area contributed by atoms with Gasteiger partial charge in [0.15, 0.2) is 0 Å². The Balaban J connectivity index is 1.82. The van der Waals surface area contributed by atoms with Crippen LogP contribution in [0.1, 0.15) is 43.7 Å². The van der Waals surface area contributed by atoms with E-state index in [-0.39, 0.29) is 22.1 Å². The molecule has 0 aliphatic carbocycles. The van der Waals surface area contributed by atoms with Crippen molar-refractivity contribution in [3.63, 3.8) is 0 Å². The highest BCUT2D eigenvalue weighted by Gasteiger charge is 2.39. The summed E-state index contributed by atoms with van der Waals surface area (Å²) in [5, 5.41) is 2.02. The van der Waals surface area contributed by atoms with E-state index < -0.39 is 10.0 Å². The molecule has 0 unspecified atom stereocenters. The summed E-state index contributed by atoms with van der Waals surface area (Å²) in [5.74, 6) is -0.0422. The minimum Gasteiger partial charge on any atom is -0.311 e. The van der Waals surface area contributed by atoms with Crippen molar-refractivity contribution in [2.45, 2.75) is 51.3 Å². The van der Waals surface area contributed by atoms with Crippen LogP contribution >= 0.6 is 11.3 Å². The molecular formula is C21H28N2O3S2. The Morgan fingerprint density at radius 1 is 1.29 bits per heavy atom. The summed E-state index contributed by atoms with van der Waals surface area (Å²) in [7, 11) is -3.60. The number of amides is 1. The predicted octanol–water partition coefficient (Wildman–Crippen LogP) is 3.86. The van der Waals surface area contributed by atoms with Gasteiger partial charge in [-0.05, 0) is 54.1 Å². The first kappa shape index (κ1) is 21.0. The topological polar surface area (TPSA) is 66.5 Å². The smallest absolute Gasteiger partial charge is 0.240 e. The maximum absolute atomic E-state index is 12.8. The Bertz CT molecular complexity index is 991. The number of fused-ring (bicyclic) bond motifs is 1. The lowest BCUT2D eigenvalue weighted by atomic mass is 9.87. The molecule has 1 aliphatic heterocycles. The summed E-state index contributed by atoms with van der Waals surface area (Å²) >= 11 is 1.64. The second kappa shape index (κ2) is 7.61. The molecule has 1 aromatic carbocycles. The van der Waals surface area contributed by atoms with Crippen molar-refractivity contribution in [3.05, 3.63) is 45.6 Å². The Morgan fingerprint density at radius 2 is 2.00 bits per heavy atom. The summed E-state index contributed by atoms with van der Waals surface area (Å²) in [5.41, 5.74) is 2.62. The van der Waals surface area contributed by atoms with Crippen LogP contribution in [-0.4, -0.2) is 27.4 Å². The molecule has 0 bridgehead atoms. The van der Waals surface area contributed by atoms with E-state index in [9.17, 15) is 13.2 Å². The molecule has 2 aromatic rings. The standard InChI is InChI=1S/C21H28N2O3S2/c1-14(2)20(24)23-13-21(4,5)17-12-16(6-7-18(17)23)28(25,26)22-10-8-19-15(3)9-11-27-19/h6-7,9,11-12,14,22H,8,10,13H2,1-5H3. The van der Waals surface area contributed by atoms with Gasteiger partial charge >= 0.3 is 0 Å². The molecule has 1 aliphatic rings. The zero-order valence-electron chi connectivity index (χ0n) is 17.1. The third-order valence-electron chi connectivity index (χ3n) is 5.22. The molecule has 1 N–H and O–H groups in total. The fourth-order valence-electron chi connectivity index (χ4n) is 3.58. The third kappa shape index (κ3) is 4.02. The second-order valence-electron chi connectivity index (χ2n) is 8.32. The normalized spacial score (nSPS) is 15.9. The van der Waals surface area contributed by atoms with E-state index in [1.807, 2.05) is 46.1 Å². The number of aryl methyl sites for hydroxylation is 1. The van der Waals surface area contributed by atoms with Crippen LogP contribution in [0.25, 0.3) is 0 Å². The minimum atomic E-state index is -3.60. The fraction of sp³-hybridized carbons (Fsp3) is 0.476. The van der Waals surface area contributed by atoms with Crippen molar-refractivity contribution >= 4 is 33.0 Å². The van der Waals surface area contributed by atoms with Crippen LogP contribution in [-0.2, 0) is 26.7 Å². The van der Waals surface area contributed by atoms with E-state index in [2.05, 4.69) is 4.72 Å². The second-order valence-corrected chi connectivity index (χ2v) is 11.1. The molecule has 5 nitrogen and oxygen atoms in total. The number of hydrogen-bond donors (Lipinski definition) is 1. The number of anilines is 1. The number of nitrogens with zero attached hydrogens (tertiary/aromatic N) is 1. The van der Waals surface area contributed by atoms with Crippen LogP contribution in [0, 0.1) is 12.8 Å². The van der Waals surface area contributed by atoms with Crippen molar-refractivity contribution in [1.29, 1.82) is 0 Å². The lowest BCUT2D eigenvalue weighted by molar-refractivity contribution is -0.121. The summed E-state index contributed by atoms with van der Waals surface area (Å²) in [6.45, 7) is 10.8. The first-order chi connectivity index (χ1) is 13.0. The van der Waals surface area contributed by atoms with Gasteiger partial charge in [-0.1, -0.05) is 27.7 Å². The van der Waals surface area contributed by atoms with Gasteiger partial charge in [-0.2, -0.15) is 0 Å². The molecule has 0 spiro atoms. The summed E-state index contributed by atoms with van der Waals surface area (Å²) in [4.78, 5) is 15.8. The van der Waals surface area contributed by atoms with Gasteiger partial charge in [0, 0.05) is 35.0 Å². The fourth-order valence-corrected chi connectivity index (χ4v) is 5.54. The summed E-state index contributed by atoms with van der Waals surface area (Å²) in [6.07, 6.45) is 0.676. The van der Waals surface area contributed by atoms with Gasteiger partial charge in [0.25, 0.3) is 0 Å². The van der Waals surface area contributed by atoms with Crippen LogP contribution in [0.15, 0.2) is 34.5 Å². The highest BCUT2D eigenvalue weighted by molar-refractivity contribution is 7.89. The van der Waals surface area contributed by atoms with E-state index >= 15 is 0 Å². The van der Waals surface area contributed by atoms with E-state index in [0.29, 0.717) is 19.5 Å². The van der Waals surface area contributed by atoms with Crippen molar-refractivity contribution in [2.75, 3.05) is 18.0 Å². The van der Waals surface area contributed by atoms with Crippen molar-refractivity contribution in [1.82, 2.24) is 4.72 Å². The van der Waals surface area contributed by atoms with Crippen molar-refractivity contribution in [3.8, 4) is 0 Å². The Kier molecular flexibility index (Phi) is 5.71. The number of carbonyl (C=O) groups is 1. The van der Waals surface area contributed by atoms with Crippen LogP contribution in [0.4, 0.5) is 5.69 Å². The highest BCUT2D eigenvalue weighted by Crippen LogP contribution is 2.42. The molecule has 0 saturated carbocycles. The van der Waals surface area contributed by atoms with Crippen LogP contribution < -0.4 is 9.62 Å². The molecule has 1 amide bonds. The lowest BCUT2D eigenvalue weighted by Gasteiger charge is -2.22. The number of carbonyl (C=O) groups excluding carboxylic acids is 1. The molecule has 3 rings (SSSR count).